The third-order valence-electron chi connectivity index (χ3n) is 4.24. The number of rotatable bonds is 4. The summed E-state index contributed by atoms with van der Waals surface area (Å²) in [5.41, 5.74) is -0.107. The smallest absolute Gasteiger partial charge is 0.345 e. The van der Waals surface area contributed by atoms with Crippen LogP contribution in [-0.4, -0.2) is 44.1 Å². The van der Waals surface area contributed by atoms with E-state index in [1.54, 1.807) is 28.8 Å². The molecular weight excluding hydrogens is 323 g/mol. The first-order chi connectivity index (χ1) is 11.3. The van der Waals surface area contributed by atoms with Crippen LogP contribution in [0.5, 0.6) is 0 Å². The number of hydrogen-bond donors (Lipinski definition) is 1. The molecule has 1 N–H and O–H groups in total. The molecule has 0 radical (unpaired) electrons. The summed E-state index contributed by atoms with van der Waals surface area (Å²) < 4.78 is 39.8. The van der Waals surface area contributed by atoms with E-state index < -0.39 is 11.9 Å². The molecule has 0 bridgehead atoms. The van der Waals surface area contributed by atoms with Crippen LogP contribution in [0.2, 0.25) is 0 Å². The maximum absolute atomic E-state index is 12.7. The Bertz CT molecular complexity index is 707. The molecule has 3 heterocycles. The van der Waals surface area contributed by atoms with Gasteiger partial charge in [0.1, 0.15) is 5.82 Å². The van der Waals surface area contributed by atoms with E-state index in [2.05, 4.69) is 15.2 Å². The minimum Gasteiger partial charge on any atom is -0.345 e. The molecule has 1 atom stereocenters. The monoisotopic (exact) mass is 341 g/mol. The Morgan fingerprint density at radius 2 is 2.29 bits per heavy atom. The van der Waals surface area contributed by atoms with Crippen molar-refractivity contribution in [2.24, 2.45) is 5.92 Å². The molecule has 130 valence electrons. The van der Waals surface area contributed by atoms with E-state index in [1.807, 2.05) is 0 Å². The second kappa shape index (κ2) is 6.29. The highest BCUT2D eigenvalue weighted by Gasteiger charge is 2.35. The highest BCUT2D eigenvalue weighted by molar-refractivity contribution is 5.78. The number of amides is 1. The van der Waals surface area contributed by atoms with Gasteiger partial charge in [0.25, 0.3) is 0 Å². The molecule has 1 amide bonds. The fourth-order valence-corrected chi connectivity index (χ4v) is 2.97. The van der Waals surface area contributed by atoms with Gasteiger partial charge in [0.2, 0.25) is 5.91 Å². The maximum Gasteiger partial charge on any atom is 0.434 e. The molecule has 0 aromatic carbocycles. The number of aromatic amines is 1. The maximum atomic E-state index is 12.7. The Morgan fingerprint density at radius 3 is 2.96 bits per heavy atom. The van der Waals surface area contributed by atoms with Crippen molar-refractivity contribution in [3.63, 3.8) is 0 Å². The van der Waals surface area contributed by atoms with Gasteiger partial charge in [-0.1, -0.05) is 0 Å². The van der Waals surface area contributed by atoms with Crippen LogP contribution in [0.4, 0.5) is 13.2 Å². The Balaban J connectivity index is 1.59. The number of carbonyl (C=O) groups is 1. The number of alkyl halides is 3. The molecule has 24 heavy (non-hydrogen) atoms. The molecule has 0 aliphatic carbocycles. The standard InChI is InChI=1S/C15H18F3N5O/c1-22(14(24)6-11-4-5-19-21-11)7-10-2-3-13-20-12(15(16,17)18)9-23(13)8-10/h4-5,9-10H,2-3,6-8H2,1H3,(H,19,21)/t10-/m1/s1. The Hall–Kier alpha value is -2.32. The second-order valence-corrected chi connectivity index (χ2v) is 6.13. The molecule has 1 aliphatic rings. The Labute approximate surface area is 136 Å². The van der Waals surface area contributed by atoms with Gasteiger partial charge in [-0.25, -0.2) is 4.98 Å². The lowest BCUT2D eigenvalue weighted by atomic mass is 9.99. The molecule has 2 aromatic heterocycles. The van der Waals surface area contributed by atoms with E-state index in [4.69, 9.17) is 0 Å². The van der Waals surface area contributed by atoms with Crippen LogP contribution in [0.25, 0.3) is 0 Å². The van der Waals surface area contributed by atoms with Crippen LogP contribution in [0.1, 0.15) is 23.6 Å². The van der Waals surface area contributed by atoms with E-state index in [1.165, 1.54) is 0 Å². The number of carbonyl (C=O) groups excluding carboxylic acids is 1. The van der Waals surface area contributed by atoms with Crippen LogP contribution in [-0.2, 0) is 30.4 Å². The molecule has 0 saturated carbocycles. The first-order valence-electron chi connectivity index (χ1n) is 7.68. The minimum atomic E-state index is -4.42. The number of nitrogens with one attached hydrogen (secondary N) is 1. The topological polar surface area (TPSA) is 66.8 Å². The summed E-state index contributed by atoms with van der Waals surface area (Å²) in [4.78, 5) is 17.5. The molecule has 0 fully saturated rings. The zero-order valence-corrected chi connectivity index (χ0v) is 13.2. The van der Waals surface area contributed by atoms with Crippen molar-refractivity contribution in [2.45, 2.75) is 32.0 Å². The van der Waals surface area contributed by atoms with Crippen molar-refractivity contribution < 1.29 is 18.0 Å². The lowest BCUT2D eigenvalue weighted by Gasteiger charge is -2.28. The van der Waals surface area contributed by atoms with Crippen LogP contribution in [0, 0.1) is 5.92 Å². The molecule has 1 aliphatic heterocycles. The number of H-pyrrole nitrogens is 1. The molecule has 0 saturated heterocycles. The number of aryl methyl sites for hydroxylation is 1. The van der Waals surface area contributed by atoms with Crippen molar-refractivity contribution >= 4 is 5.91 Å². The van der Waals surface area contributed by atoms with Crippen molar-refractivity contribution in [1.82, 2.24) is 24.6 Å². The number of aromatic nitrogens is 4. The van der Waals surface area contributed by atoms with E-state index in [0.29, 0.717) is 25.3 Å². The number of imidazole rings is 1. The van der Waals surface area contributed by atoms with Crippen LogP contribution in [0.15, 0.2) is 18.5 Å². The van der Waals surface area contributed by atoms with Crippen molar-refractivity contribution in [3.8, 4) is 0 Å². The van der Waals surface area contributed by atoms with Gasteiger partial charge in [0.15, 0.2) is 5.69 Å². The first-order valence-corrected chi connectivity index (χ1v) is 7.68. The van der Waals surface area contributed by atoms with Crippen LogP contribution in [0.3, 0.4) is 0 Å². The number of hydrogen-bond acceptors (Lipinski definition) is 3. The van der Waals surface area contributed by atoms with Gasteiger partial charge in [-0.3, -0.25) is 9.89 Å². The van der Waals surface area contributed by atoms with Crippen molar-refractivity contribution in [1.29, 1.82) is 0 Å². The molecular formula is C15H18F3N5O. The lowest BCUT2D eigenvalue weighted by molar-refractivity contribution is -0.141. The van der Waals surface area contributed by atoms with E-state index in [-0.39, 0.29) is 18.2 Å². The fraction of sp³-hybridized carbons (Fsp3) is 0.533. The summed E-state index contributed by atoms with van der Waals surface area (Å²) in [5.74, 6) is 0.528. The lowest BCUT2D eigenvalue weighted by Crippen LogP contribution is -2.36. The van der Waals surface area contributed by atoms with Gasteiger partial charge < -0.3 is 9.47 Å². The van der Waals surface area contributed by atoms with Gasteiger partial charge in [0.05, 0.1) is 6.42 Å². The average molecular weight is 341 g/mol. The summed E-state index contributed by atoms with van der Waals surface area (Å²) in [7, 11) is 1.71. The Morgan fingerprint density at radius 1 is 1.50 bits per heavy atom. The molecule has 6 nitrogen and oxygen atoms in total. The predicted octanol–water partition coefficient (Wildman–Crippen LogP) is 1.89. The summed E-state index contributed by atoms with van der Waals surface area (Å²) in [6, 6.07) is 1.74. The molecule has 0 unspecified atom stereocenters. The molecule has 2 aromatic rings. The van der Waals surface area contributed by atoms with Crippen molar-refractivity contribution in [3.05, 3.63) is 35.7 Å². The summed E-state index contributed by atoms with van der Waals surface area (Å²) >= 11 is 0. The zero-order valence-electron chi connectivity index (χ0n) is 13.2. The predicted molar refractivity (Wildman–Crippen MR) is 79.0 cm³/mol. The van der Waals surface area contributed by atoms with Gasteiger partial charge in [-0.05, 0) is 18.4 Å². The number of nitrogens with zero attached hydrogens (tertiary/aromatic N) is 4. The summed E-state index contributed by atoms with van der Waals surface area (Å²) in [5, 5.41) is 6.54. The van der Waals surface area contributed by atoms with Crippen molar-refractivity contribution in [2.75, 3.05) is 13.6 Å². The van der Waals surface area contributed by atoms with Gasteiger partial charge in [0, 0.05) is 44.6 Å². The first kappa shape index (κ1) is 16.5. The third kappa shape index (κ3) is 3.60. The molecule has 9 heteroatoms. The van der Waals surface area contributed by atoms with E-state index in [0.717, 1.165) is 18.3 Å². The van der Waals surface area contributed by atoms with E-state index in [9.17, 15) is 18.0 Å². The summed E-state index contributed by atoms with van der Waals surface area (Å²) in [6.07, 6.45) is -0.329. The van der Waals surface area contributed by atoms with Gasteiger partial charge >= 0.3 is 6.18 Å². The van der Waals surface area contributed by atoms with Gasteiger partial charge in [-0.2, -0.15) is 18.3 Å². The largest absolute Gasteiger partial charge is 0.434 e. The number of halogens is 3. The normalized spacial score (nSPS) is 17.6. The van der Waals surface area contributed by atoms with Crippen LogP contribution >= 0.6 is 0 Å². The molecule has 0 spiro atoms. The quantitative estimate of drug-likeness (QED) is 0.923. The second-order valence-electron chi connectivity index (χ2n) is 6.13. The highest BCUT2D eigenvalue weighted by Crippen LogP contribution is 2.30. The summed E-state index contributed by atoms with van der Waals surface area (Å²) in [6.45, 7) is 0.950. The fourth-order valence-electron chi connectivity index (χ4n) is 2.97. The minimum absolute atomic E-state index is 0.0494. The number of fused-ring (bicyclic) bond motifs is 1. The zero-order chi connectivity index (χ0) is 17.3. The highest BCUT2D eigenvalue weighted by atomic mass is 19.4. The number of likely N-dealkylation sites (N-methyl/N-ethyl adjacent to an activating group) is 1. The molecule has 3 rings (SSSR count). The Kier molecular flexibility index (Phi) is 4.33. The SMILES string of the molecule is CN(C[C@H]1CCc2nc(C(F)(F)F)cn2C1)C(=O)Cc1ccn[nH]1. The van der Waals surface area contributed by atoms with E-state index >= 15 is 0 Å². The third-order valence-corrected chi connectivity index (χ3v) is 4.24. The average Bonchev–Trinajstić information content (AvgIpc) is 3.15. The van der Waals surface area contributed by atoms with Gasteiger partial charge in [-0.15, -0.1) is 0 Å². The van der Waals surface area contributed by atoms with Crippen LogP contribution < -0.4 is 0 Å².